The summed E-state index contributed by atoms with van der Waals surface area (Å²) < 4.78 is 7.92. The Morgan fingerprint density at radius 1 is 0.900 bits per heavy atom. The summed E-state index contributed by atoms with van der Waals surface area (Å²) in [5.74, 6) is 2.25. The van der Waals surface area contributed by atoms with Crippen LogP contribution in [0.5, 0.6) is 5.75 Å². The Bertz CT molecular complexity index is 1100. The van der Waals surface area contributed by atoms with E-state index in [1.54, 1.807) is 11.8 Å². The van der Waals surface area contributed by atoms with Crippen molar-refractivity contribution < 1.29 is 4.74 Å². The topological polar surface area (TPSA) is 39.9 Å². The number of aryl methyl sites for hydroxylation is 1. The molecule has 1 heterocycles. The number of nitrogens with zero attached hydrogens (tertiary/aromatic N) is 3. The van der Waals surface area contributed by atoms with Crippen LogP contribution in [0.3, 0.4) is 0 Å². The normalized spacial score (nSPS) is 10.9. The van der Waals surface area contributed by atoms with Gasteiger partial charge in [-0.2, -0.15) is 0 Å². The van der Waals surface area contributed by atoms with Crippen LogP contribution in [-0.2, 0) is 6.42 Å². The van der Waals surface area contributed by atoms with Gasteiger partial charge in [0.2, 0.25) is 0 Å². The maximum atomic E-state index is 6.16. The lowest BCUT2D eigenvalue weighted by Gasteiger charge is -2.11. The fraction of sp³-hybridized carbons (Fsp3) is 0.167. The molecule has 0 N–H and O–H groups in total. The van der Waals surface area contributed by atoms with E-state index >= 15 is 0 Å². The first-order chi connectivity index (χ1) is 14.8. The molecule has 4 nitrogen and oxygen atoms in total. The van der Waals surface area contributed by atoms with Crippen LogP contribution in [0.2, 0.25) is 5.02 Å². The van der Waals surface area contributed by atoms with Crippen LogP contribution in [0.25, 0.3) is 17.1 Å². The van der Waals surface area contributed by atoms with E-state index in [4.69, 9.17) is 16.3 Å². The van der Waals surface area contributed by atoms with Crippen molar-refractivity contribution in [2.24, 2.45) is 0 Å². The smallest absolute Gasteiger partial charge is 0.196 e. The summed E-state index contributed by atoms with van der Waals surface area (Å²) in [5.41, 5.74) is 3.38. The second kappa shape index (κ2) is 9.83. The maximum absolute atomic E-state index is 6.16. The Morgan fingerprint density at radius 2 is 1.63 bits per heavy atom. The molecule has 152 valence electrons. The lowest BCUT2D eigenvalue weighted by Crippen LogP contribution is -2.04. The highest BCUT2D eigenvalue weighted by Gasteiger charge is 2.16. The molecule has 4 rings (SSSR count). The number of rotatable bonds is 8. The van der Waals surface area contributed by atoms with Crippen molar-refractivity contribution >= 4 is 23.4 Å². The first-order valence-electron chi connectivity index (χ1n) is 9.86. The van der Waals surface area contributed by atoms with Gasteiger partial charge in [-0.1, -0.05) is 84.9 Å². The minimum Gasteiger partial charge on any atom is -0.491 e. The van der Waals surface area contributed by atoms with Crippen LogP contribution in [0, 0.1) is 0 Å². The molecule has 0 saturated carbocycles. The molecule has 0 amide bonds. The van der Waals surface area contributed by atoms with Crippen LogP contribution in [0.15, 0.2) is 84.0 Å². The minimum absolute atomic E-state index is 0.525. The van der Waals surface area contributed by atoms with Crippen LogP contribution in [0.4, 0.5) is 0 Å². The maximum Gasteiger partial charge on any atom is 0.196 e. The van der Waals surface area contributed by atoms with Gasteiger partial charge in [-0.3, -0.25) is 4.57 Å². The average molecular weight is 436 g/mol. The third-order valence-corrected chi connectivity index (χ3v) is 5.88. The zero-order valence-electron chi connectivity index (χ0n) is 16.7. The van der Waals surface area contributed by atoms with E-state index in [2.05, 4.69) is 58.1 Å². The fourth-order valence-electron chi connectivity index (χ4n) is 3.10. The Labute approximate surface area is 185 Å². The van der Waals surface area contributed by atoms with Crippen LogP contribution in [0.1, 0.15) is 12.5 Å². The van der Waals surface area contributed by atoms with Crippen LogP contribution >= 0.6 is 23.4 Å². The number of hydrogen-bond acceptors (Lipinski definition) is 4. The molecule has 1 aromatic heterocycles. The van der Waals surface area contributed by atoms with E-state index in [-0.39, 0.29) is 0 Å². The molecule has 0 saturated heterocycles. The van der Waals surface area contributed by atoms with E-state index < -0.39 is 0 Å². The molecule has 0 bridgehead atoms. The molecule has 0 atom stereocenters. The molecule has 30 heavy (non-hydrogen) atoms. The number of para-hydroxylation sites is 1. The van der Waals surface area contributed by atoms with Gasteiger partial charge in [0, 0.05) is 17.0 Å². The highest BCUT2D eigenvalue weighted by Crippen LogP contribution is 2.29. The largest absolute Gasteiger partial charge is 0.491 e. The van der Waals surface area contributed by atoms with Gasteiger partial charge in [-0.05, 0) is 36.2 Å². The predicted molar refractivity (Wildman–Crippen MR) is 124 cm³/mol. The van der Waals surface area contributed by atoms with Crippen molar-refractivity contribution in [1.29, 1.82) is 0 Å². The molecular formula is C24H22ClN3OS. The minimum atomic E-state index is 0.525. The summed E-state index contributed by atoms with van der Waals surface area (Å²) in [6, 6.07) is 26.2. The number of thioether (sulfide) groups is 1. The molecule has 6 heteroatoms. The molecule has 0 fully saturated rings. The fourth-order valence-corrected chi connectivity index (χ4v) is 4.06. The molecule has 0 aliphatic carbocycles. The summed E-state index contributed by atoms with van der Waals surface area (Å²) in [7, 11) is 0. The van der Waals surface area contributed by atoms with E-state index in [0.717, 1.165) is 34.4 Å². The van der Waals surface area contributed by atoms with Gasteiger partial charge >= 0.3 is 0 Å². The third-order valence-electron chi connectivity index (χ3n) is 4.68. The molecule has 0 unspecified atom stereocenters. The zero-order valence-corrected chi connectivity index (χ0v) is 18.2. The van der Waals surface area contributed by atoms with Crippen molar-refractivity contribution in [2.45, 2.75) is 18.5 Å². The average Bonchev–Trinajstić information content (AvgIpc) is 3.22. The highest BCUT2D eigenvalue weighted by atomic mass is 35.5. The Balaban J connectivity index is 1.56. The van der Waals surface area contributed by atoms with Gasteiger partial charge in [-0.25, -0.2) is 0 Å². The molecule has 3 aromatic carbocycles. The molecule has 4 aromatic rings. The number of benzene rings is 3. The Morgan fingerprint density at radius 3 is 2.37 bits per heavy atom. The summed E-state index contributed by atoms with van der Waals surface area (Å²) >= 11 is 7.78. The van der Waals surface area contributed by atoms with Gasteiger partial charge in [0.05, 0.1) is 11.6 Å². The second-order valence-electron chi connectivity index (χ2n) is 6.65. The van der Waals surface area contributed by atoms with Crippen molar-refractivity contribution in [3.05, 3.63) is 89.4 Å². The van der Waals surface area contributed by atoms with E-state index in [1.165, 1.54) is 5.56 Å². The monoisotopic (exact) mass is 435 g/mol. The highest BCUT2D eigenvalue weighted by molar-refractivity contribution is 7.99. The van der Waals surface area contributed by atoms with Crippen molar-refractivity contribution in [3.8, 4) is 22.8 Å². The summed E-state index contributed by atoms with van der Waals surface area (Å²) in [4.78, 5) is 0. The van der Waals surface area contributed by atoms with E-state index in [1.807, 2.05) is 42.5 Å². The van der Waals surface area contributed by atoms with Gasteiger partial charge in [0.15, 0.2) is 11.0 Å². The van der Waals surface area contributed by atoms with Gasteiger partial charge in [0.25, 0.3) is 0 Å². The first kappa shape index (κ1) is 20.5. The molecular weight excluding hydrogens is 414 g/mol. The van der Waals surface area contributed by atoms with Crippen molar-refractivity contribution in [1.82, 2.24) is 14.8 Å². The van der Waals surface area contributed by atoms with Crippen molar-refractivity contribution in [2.75, 3.05) is 12.4 Å². The predicted octanol–water partition coefficient (Wildman–Crippen LogP) is 6.32. The molecule has 0 spiro atoms. The lowest BCUT2D eigenvalue weighted by atomic mass is 10.1. The molecule has 0 radical (unpaired) electrons. The standard InChI is InChI=1S/C24H22ClN3OS/c1-2-18-12-14-20(15-13-18)28-23(19-8-4-3-5-9-19)26-27-24(28)30-17-16-29-22-11-7-6-10-21(22)25/h3-15H,2,16-17H2,1H3. The number of aromatic nitrogens is 3. The second-order valence-corrected chi connectivity index (χ2v) is 8.12. The Kier molecular flexibility index (Phi) is 6.72. The number of hydrogen-bond donors (Lipinski definition) is 0. The van der Waals surface area contributed by atoms with Gasteiger partial charge in [0.1, 0.15) is 5.75 Å². The summed E-state index contributed by atoms with van der Waals surface area (Å²) in [6.45, 7) is 2.68. The summed E-state index contributed by atoms with van der Waals surface area (Å²) in [6.07, 6.45) is 1.01. The Hall–Kier alpha value is -2.76. The number of ether oxygens (including phenoxy) is 1. The third kappa shape index (κ3) is 4.69. The van der Waals surface area contributed by atoms with Gasteiger partial charge < -0.3 is 4.74 Å². The van der Waals surface area contributed by atoms with Crippen LogP contribution in [-0.4, -0.2) is 27.1 Å². The van der Waals surface area contributed by atoms with Crippen LogP contribution < -0.4 is 4.74 Å². The zero-order chi connectivity index (χ0) is 20.8. The van der Waals surface area contributed by atoms with E-state index in [9.17, 15) is 0 Å². The number of halogens is 1. The van der Waals surface area contributed by atoms with Crippen molar-refractivity contribution in [3.63, 3.8) is 0 Å². The quantitative estimate of drug-likeness (QED) is 0.240. The lowest BCUT2D eigenvalue weighted by molar-refractivity contribution is 0.344. The molecule has 0 aliphatic heterocycles. The summed E-state index contributed by atoms with van der Waals surface area (Å²) in [5, 5.41) is 10.4. The van der Waals surface area contributed by atoms with E-state index in [0.29, 0.717) is 17.4 Å². The molecule has 0 aliphatic rings. The van der Waals surface area contributed by atoms with Gasteiger partial charge in [-0.15, -0.1) is 10.2 Å². The first-order valence-corrected chi connectivity index (χ1v) is 11.2. The SMILES string of the molecule is CCc1ccc(-n2c(SCCOc3ccccc3Cl)nnc2-c2ccccc2)cc1.